The van der Waals surface area contributed by atoms with Crippen LogP contribution in [0.15, 0.2) is 53.4 Å². The highest BCUT2D eigenvalue weighted by atomic mass is 35.5. The molecule has 198 valence electrons. The number of benzene rings is 3. The summed E-state index contributed by atoms with van der Waals surface area (Å²) in [6.45, 7) is 1.87. The van der Waals surface area contributed by atoms with Crippen LogP contribution in [-0.2, 0) is 40.4 Å². The van der Waals surface area contributed by atoms with Gasteiger partial charge in [-0.25, -0.2) is 12.8 Å². The standard InChI is InChI=1S/C26H20ClF4N3O3S/c1-15-2-5-18-14-34(38(36,37)23-7-4-17(13-32)10-21(23)27)9-8-19(18)25(15)33-24(35)12-16-3-6-20(22(28)11-16)26(29,30)31/h2-7,10-11H,8-9,12,14H2,1H3,(H,33,35). The maximum atomic E-state index is 13.9. The Balaban J connectivity index is 1.54. The van der Waals surface area contributed by atoms with E-state index in [9.17, 15) is 30.8 Å². The van der Waals surface area contributed by atoms with E-state index in [2.05, 4.69) is 5.32 Å². The number of carbonyl (C=O) groups excluding carboxylic acids is 1. The zero-order chi connectivity index (χ0) is 27.8. The fourth-order valence-corrected chi connectivity index (χ4v) is 6.25. The molecule has 1 N–H and O–H groups in total. The molecule has 6 nitrogen and oxygen atoms in total. The molecule has 1 aliphatic heterocycles. The molecule has 1 heterocycles. The van der Waals surface area contributed by atoms with Crippen LogP contribution in [-0.4, -0.2) is 25.2 Å². The second-order valence-electron chi connectivity index (χ2n) is 8.78. The summed E-state index contributed by atoms with van der Waals surface area (Å²) in [5, 5.41) is 11.7. The summed E-state index contributed by atoms with van der Waals surface area (Å²) in [5.41, 5.74) is 1.48. The molecule has 4 rings (SSSR count). The van der Waals surface area contributed by atoms with E-state index in [1.807, 2.05) is 6.07 Å². The lowest BCUT2D eigenvalue weighted by Gasteiger charge is -2.30. The van der Waals surface area contributed by atoms with E-state index in [0.717, 1.165) is 11.6 Å². The fraction of sp³-hybridized carbons (Fsp3) is 0.231. The molecule has 0 aromatic heterocycles. The molecule has 0 saturated heterocycles. The van der Waals surface area contributed by atoms with Crippen molar-refractivity contribution in [1.82, 2.24) is 4.31 Å². The normalized spacial score (nSPS) is 14.0. The van der Waals surface area contributed by atoms with Crippen molar-refractivity contribution in [2.45, 2.75) is 37.4 Å². The van der Waals surface area contributed by atoms with Crippen LogP contribution in [0, 0.1) is 24.1 Å². The molecule has 0 atom stereocenters. The number of nitrogens with zero attached hydrogens (tertiary/aromatic N) is 2. The topological polar surface area (TPSA) is 90.3 Å². The zero-order valence-corrected chi connectivity index (χ0v) is 21.4. The molecular weight excluding hydrogens is 546 g/mol. The van der Waals surface area contributed by atoms with Gasteiger partial charge in [-0.3, -0.25) is 4.79 Å². The van der Waals surface area contributed by atoms with E-state index in [0.29, 0.717) is 28.9 Å². The number of carbonyl (C=O) groups is 1. The maximum Gasteiger partial charge on any atom is 0.419 e. The summed E-state index contributed by atoms with van der Waals surface area (Å²) < 4.78 is 80.1. The first-order valence-electron chi connectivity index (χ1n) is 11.3. The predicted molar refractivity (Wildman–Crippen MR) is 132 cm³/mol. The van der Waals surface area contributed by atoms with Gasteiger partial charge in [0.1, 0.15) is 10.7 Å². The Morgan fingerprint density at radius 2 is 1.89 bits per heavy atom. The molecule has 3 aromatic rings. The highest BCUT2D eigenvalue weighted by molar-refractivity contribution is 7.89. The Morgan fingerprint density at radius 1 is 1.16 bits per heavy atom. The van der Waals surface area contributed by atoms with Crippen LogP contribution >= 0.6 is 11.6 Å². The maximum absolute atomic E-state index is 13.9. The van der Waals surface area contributed by atoms with Crippen LogP contribution in [0.4, 0.5) is 23.2 Å². The molecule has 0 bridgehead atoms. The number of amides is 1. The number of fused-ring (bicyclic) bond motifs is 1. The Labute approximate surface area is 221 Å². The van der Waals surface area contributed by atoms with Crippen molar-refractivity contribution in [3.63, 3.8) is 0 Å². The zero-order valence-electron chi connectivity index (χ0n) is 19.9. The van der Waals surface area contributed by atoms with Gasteiger partial charge in [0.15, 0.2) is 0 Å². The number of anilines is 1. The molecule has 0 radical (unpaired) electrons. The smallest absolute Gasteiger partial charge is 0.325 e. The molecule has 1 amide bonds. The van der Waals surface area contributed by atoms with Gasteiger partial charge in [-0.15, -0.1) is 0 Å². The van der Waals surface area contributed by atoms with E-state index in [-0.39, 0.29) is 47.0 Å². The molecule has 1 aliphatic rings. The molecule has 0 saturated carbocycles. The van der Waals surface area contributed by atoms with Gasteiger partial charge in [0.25, 0.3) is 0 Å². The van der Waals surface area contributed by atoms with Crippen molar-refractivity contribution in [2.75, 3.05) is 11.9 Å². The minimum atomic E-state index is -4.84. The van der Waals surface area contributed by atoms with Crippen LogP contribution in [0.3, 0.4) is 0 Å². The minimum absolute atomic E-state index is 0.0151. The number of rotatable bonds is 5. The summed E-state index contributed by atoms with van der Waals surface area (Å²) in [6, 6.07) is 11.7. The van der Waals surface area contributed by atoms with Crippen molar-refractivity contribution in [3.8, 4) is 6.07 Å². The van der Waals surface area contributed by atoms with Crippen LogP contribution in [0.2, 0.25) is 5.02 Å². The number of hydrogen-bond donors (Lipinski definition) is 1. The van der Waals surface area contributed by atoms with Gasteiger partial charge < -0.3 is 5.32 Å². The number of nitriles is 1. The number of alkyl halides is 3. The summed E-state index contributed by atoms with van der Waals surface area (Å²) in [7, 11) is -3.98. The lowest BCUT2D eigenvalue weighted by Crippen LogP contribution is -2.36. The molecule has 0 fully saturated rings. The van der Waals surface area contributed by atoms with Crippen molar-refractivity contribution in [2.24, 2.45) is 0 Å². The summed E-state index contributed by atoms with van der Waals surface area (Å²) in [6.07, 6.45) is -4.91. The predicted octanol–water partition coefficient (Wildman–Crippen LogP) is 5.61. The third-order valence-electron chi connectivity index (χ3n) is 6.22. The van der Waals surface area contributed by atoms with Gasteiger partial charge in [-0.05, 0) is 65.9 Å². The summed E-state index contributed by atoms with van der Waals surface area (Å²) >= 11 is 6.14. The lowest BCUT2D eigenvalue weighted by molar-refractivity contribution is -0.140. The number of halogens is 5. The molecule has 0 unspecified atom stereocenters. The number of hydrogen-bond acceptors (Lipinski definition) is 4. The molecular formula is C26H20ClF4N3O3S. The first kappa shape index (κ1) is 27.6. The Hall–Kier alpha value is -3.46. The number of sulfonamides is 1. The number of nitrogens with one attached hydrogen (secondary N) is 1. The van der Waals surface area contributed by atoms with Crippen LogP contribution in [0.1, 0.15) is 33.4 Å². The molecule has 0 spiro atoms. The SMILES string of the molecule is Cc1ccc2c(c1NC(=O)Cc1ccc(C(F)(F)F)c(F)c1)CCN(S(=O)(=O)c1ccc(C#N)cc1Cl)C2. The first-order valence-corrected chi connectivity index (χ1v) is 13.1. The molecule has 0 aliphatic carbocycles. The highest BCUT2D eigenvalue weighted by Crippen LogP contribution is 2.34. The van der Waals surface area contributed by atoms with Gasteiger partial charge in [-0.2, -0.15) is 22.7 Å². The van der Waals surface area contributed by atoms with Crippen LogP contribution < -0.4 is 5.32 Å². The third-order valence-corrected chi connectivity index (χ3v) is 8.55. The monoisotopic (exact) mass is 565 g/mol. The van der Waals surface area contributed by atoms with Crippen LogP contribution in [0.5, 0.6) is 0 Å². The Bertz CT molecular complexity index is 1580. The van der Waals surface area contributed by atoms with Gasteiger partial charge in [0, 0.05) is 18.8 Å². The Kier molecular flexibility index (Phi) is 7.52. The van der Waals surface area contributed by atoms with E-state index < -0.39 is 33.5 Å². The van der Waals surface area contributed by atoms with Gasteiger partial charge in [0.2, 0.25) is 15.9 Å². The van der Waals surface area contributed by atoms with E-state index >= 15 is 0 Å². The third kappa shape index (κ3) is 5.53. The minimum Gasteiger partial charge on any atom is -0.325 e. The van der Waals surface area contributed by atoms with E-state index in [1.54, 1.807) is 19.1 Å². The molecule has 12 heteroatoms. The number of aryl methyl sites for hydroxylation is 1. The molecule has 3 aromatic carbocycles. The average Bonchev–Trinajstić information content (AvgIpc) is 2.84. The van der Waals surface area contributed by atoms with Crippen molar-refractivity contribution >= 4 is 33.2 Å². The van der Waals surface area contributed by atoms with Gasteiger partial charge in [0.05, 0.1) is 28.6 Å². The van der Waals surface area contributed by atoms with E-state index in [4.69, 9.17) is 16.9 Å². The largest absolute Gasteiger partial charge is 0.419 e. The second kappa shape index (κ2) is 10.4. The van der Waals surface area contributed by atoms with Gasteiger partial charge in [-0.1, -0.05) is 29.8 Å². The van der Waals surface area contributed by atoms with Crippen molar-refractivity contribution in [3.05, 3.63) is 92.8 Å². The highest BCUT2D eigenvalue weighted by Gasteiger charge is 2.34. The lowest BCUT2D eigenvalue weighted by atomic mass is 9.95. The molecule has 38 heavy (non-hydrogen) atoms. The van der Waals surface area contributed by atoms with Crippen molar-refractivity contribution < 1.29 is 30.8 Å². The van der Waals surface area contributed by atoms with Crippen LogP contribution in [0.25, 0.3) is 0 Å². The Morgan fingerprint density at radius 3 is 2.53 bits per heavy atom. The average molecular weight is 566 g/mol. The summed E-state index contributed by atoms with van der Waals surface area (Å²) in [4.78, 5) is 12.6. The van der Waals surface area contributed by atoms with E-state index in [1.165, 1.54) is 22.5 Å². The van der Waals surface area contributed by atoms with Crippen molar-refractivity contribution in [1.29, 1.82) is 5.26 Å². The second-order valence-corrected chi connectivity index (χ2v) is 11.1. The summed E-state index contributed by atoms with van der Waals surface area (Å²) in [5.74, 6) is -2.01. The first-order chi connectivity index (χ1) is 17.8. The quantitative estimate of drug-likeness (QED) is 0.407. The fourth-order valence-electron chi connectivity index (χ4n) is 4.31. The van der Waals surface area contributed by atoms with Gasteiger partial charge >= 0.3 is 6.18 Å².